The number of imide groups is 1. The van der Waals surface area contributed by atoms with Crippen LogP contribution < -0.4 is 0 Å². The zero-order valence-electron chi connectivity index (χ0n) is 15.8. The van der Waals surface area contributed by atoms with Gasteiger partial charge in [0.05, 0.1) is 18.1 Å². The smallest absolute Gasteiger partial charge is 0.318 e. The number of amides is 2. The number of benzene rings is 1. The van der Waals surface area contributed by atoms with Gasteiger partial charge in [0.25, 0.3) is 17.5 Å². The van der Waals surface area contributed by atoms with Crippen molar-refractivity contribution in [2.75, 3.05) is 7.11 Å². The number of nitrogens with zero attached hydrogens (tertiary/aromatic N) is 2. The van der Waals surface area contributed by atoms with E-state index < -0.39 is 34.2 Å². The molecule has 8 heteroatoms. The fraction of sp³-hybridized carbons (Fsp3) is 0.350. The van der Waals surface area contributed by atoms with Crippen LogP contribution in [0.2, 0.25) is 0 Å². The molecule has 0 spiro atoms. The number of fused-ring (bicyclic) bond motifs is 1. The second-order valence-electron chi connectivity index (χ2n) is 7.14. The number of carbonyl (C=O) groups excluding carboxylic acids is 3. The van der Waals surface area contributed by atoms with E-state index in [1.807, 2.05) is 13.8 Å². The lowest BCUT2D eigenvalue weighted by atomic mass is 9.66. The lowest BCUT2D eigenvalue weighted by Gasteiger charge is -2.47. The quantitative estimate of drug-likeness (QED) is 0.261. The molecular weight excluding hydrogens is 364 g/mol. The van der Waals surface area contributed by atoms with Crippen molar-refractivity contribution in [3.05, 3.63) is 63.2 Å². The van der Waals surface area contributed by atoms with Crippen LogP contribution in [0.25, 0.3) is 0 Å². The Balaban J connectivity index is 2.06. The van der Waals surface area contributed by atoms with E-state index in [1.165, 1.54) is 37.5 Å². The van der Waals surface area contributed by atoms with Gasteiger partial charge in [-0.3, -0.25) is 29.4 Å². The maximum Gasteiger partial charge on any atom is 0.318 e. The van der Waals surface area contributed by atoms with Crippen LogP contribution in [0.1, 0.15) is 37.0 Å². The number of allylic oxidation sites excluding steroid dienone is 1. The first-order chi connectivity index (χ1) is 13.2. The van der Waals surface area contributed by atoms with Crippen LogP contribution in [-0.4, -0.2) is 40.8 Å². The second kappa shape index (κ2) is 7.03. The van der Waals surface area contributed by atoms with Crippen LogP contribution in [-0.2, 0) is 14.3 Å². The monoisotopic (exact) mass is 384 g/mol. The standard InChI is InChI=1S/C20H20N2O6/c1-12-10-16-20(11-13(12)2,19(25)28-3)9-8-17(23)21(16)18(24)14-4-6-15(7-5-14)22(26)27/h4-9,16H,10-11H2,1-3H3/t16-,20-/m1/s1. The minimum atomic E-state index is -1.14. The van der Waals surface area contributed by atoms with E-state index in [4.69, 9.17) is 4.74 Å². The van der Waals surface area contributed by atoms with Crippen molar-refractivity contribution in [2.24, 2.45) is 5.41 Å². The Hall–Kier alpha value is -3.29. The Bertz CT molecular complexity index is 931. The maximum atomic E-state index is 13.1. The molecule has 0 aromatic heterocycles. The second-order valence-corrected chi connectivity index (χ2v) is 7.14. The third kappa shape index (κ3) is 3.00. The summed E-state index contributed by atoms with van der Waals surface area (Å²) in [7, 11) is 1.28. The largest absolute Gasteiger partial charge is 0.468 e. The molecule has 28 heavy (non-hydrogen) atoms. The van der Waals surface area contributed by atoms with Crippen molar-refractivity contribution in [1.82, 2.24) is 4.90 Å². The normalized spacial score (nSPS) is 24.0. The molecule has 146 valence electrons. The minimum Gasteiger partial charge on any atom is -0.468 e. The molecule has 2 atom stereocenters. The van der Waals surface area contributed by atoms with E-state index in [-0.39, 0.29) is 11.3 Å². The number of hydrogen-bond acceptors (Lipinski definition) is 6. The molecule has 1 aromatic carbocycles. The molecule has 0 saturated carbocycles. The fourth-order valence-electron chi connectivity index (χ4n) is 3.87. The Labute approximate surface area is 161 Å². The van der Waals surface area contributed by atoms with Gasteiger partial charge in [-0.15, -0.1) is 0 Å². The zero-order chi connectivity index (χ0) is 20.6. The van der Waals surface area contributed by atoms with Gasteiger partial charge in [0.1, 0.15) is 5.41 Å². The third-order valence-corrected chi connectivity index (χ3v) is 5.56. The van der Waals surface area contributed by atoms with Crippen LogP contribution >= 0.6 is 0 Å². The molecular formula is C20H20N2O6. The molecule has 0 fully saturated rings. The summed E-state index contributed by atoms with van der Waals surface area (Å²) in [5.74, 6) is -1.63. The minimum absolute atomic E-state index is 0.136. The number of ether oxygens (including phenoxy) is 1. The molecule has 1 aromatic rings. The zero-order valence-corrected chi connectivity index (χ0v) is 15.8. The van der Waals surface area contributed by atoms with Gasteiger partial charge in [0.2, 0.25) is 0 Å². The predicted octanol–water partition coefficient (Wildman–Crippen LogP) is 2.79. The molecule has 1 heterocycles. The predicted molar refractivity (Wildman–Crippen MR) is 99.3 cm³/mol. The summed E-state index contributed by atoms with van der Waals surface area (Å²) in [6.07, 6.45) is 3.48. The Morgan fingerprint density at radius 3 is 2.43 bits per heavy atom. The highest BCUT2D eigenvalue weighted by atomic mass is 16.6. The molecule has 8 nitrogen and oxygen atoms in total. The third-order valence-electron chi connectivity index (χ3n) is 5.56. The van der Waals surface area contributed by atoms with Crippen LogP contribution in [0, 0.1) is 15.5 Å². The Morgan fingerprint density at radius 1 is 1.21 bits per heavy atom. The molecule has 0 unspecified atom stereocenters. The highest BCUT2D eigenvalue weighted by molar-refractivity contribution is 6.10. The van der Waals surface area contributed by atoms with Crippen molar-refractivity contribution in [2.45, 2.75) is 32.7 Å². The van der Waals surface area contributed by atoms with Gasteiger partial charge in [-0.1, -0.05) is 17.2 Å². The molecule has 0 N–H and O–H groups in total. The van der Waals surface area contributed by atoms with Crippen LogP contribution in [0.4, 0.5) is 5.69 Å². The van der Waals surface area contributed by atoms with Gasteiger partial charge in [-0.05, 0) is 38.8 Å². The van der Waals surface area contributed by atoms with Crippen molar-refractivity contribution >= 4 is 23.5 Å². The lowest BCUT2D eigenvalue weighted by molar-refractivity contribution is -0.384. The van der Waals surface area contributed by atoms with Crippen molar-refractivity contribution in [3.63, 3.8) is 0 Å². The topological polar surface area (TPSA) is 107 Å². The molecule has 0 bridgehead atoms. The van der Waals surface area contributed by atoms with Crippen LogP contribution in [0.15, 0.2) is 47.6 Å². The van der Waals surface area contributed by atoms with Gasteiger partial charge in [-0.25, -0.2) is 0 Å². The maximum absolute atomic E-state index is 13.1. The van der Waals surface area contributed by atoms with Gasteiger partial charge in [-0.2, -0.15) is 0 Å². The van der Waals surface area contributed by atoms with E-state index >= 15 is 0 Å². The average molecular weight is 384 g/mol. The summed E-state index contributed by atoms with van der Waals surface area (Å²) in [5.41, 5.74) is 0.870. The Kier molecular flexibility index (Phi) is 4.89. The van der Waals surface area contributed by atoms with E-state index in [0.717, 1.165) is 16.0 Å². The molecule has 0 radical (unpaired) electrons. The van der Waals surface area contributed by atoms with Gasteiger partial charge in [0, 0.05) is 23.8 Å². The van der Waals surface area contributed by atoms with Gasteiger partial charge in [0.15, 0.2) is 0 Å². The van der Waals surface area contributed by atoms with Crippen molar-refractivity contribution in [1.29, 1.82) is 0 Å². The summed E-state index contributed by atoms with van der Waals surface area (Å²) >= 11 is 0. The number of nitro groups is 1. The van der Waals surface area contributed by atoms with E-state index in [2.05, 4.69) is 0 Å². The number of rotatable bonds is 3. The summed E-state index contributed by atoms with van der Waals surface area (Å²) in [6, 6.07) is 4.32. The van der Waals surface area contributed by atoms with Gasteiger partial charge >= 0.3 is 5.97 Å². The number of non-ortho nitro benzene ring substituents is 1. The number of esters is 1. The molecule has 0 saturated heterocycles. The average Bonchev–Trinajstić information content (AvgIpc) is 2.68. The van der Waals surface area contributed by atoms with Gasteiger partial charge < -0.3 is 4.74 Å². The van der Waals surface area contributed by atoms with Crippen LogP contribution in [0.3, 0.4) is 0 Å². The van der Waals surface area contributed by atoms with Crippen molar-refractivity contribution < 1.29 is 24.0 Å². The fourth-order valence-corrected chi connectivity index (χ4v) is 3.87. The first-order valence-electron chi connectivity index (χ1n) is 8.76. The summed E-state index contributed by atoms with van der Waals surface area (Å²) in [5, 5.41) is 10.8. The molecule has 3 rings (SSSR count). The molecule has 1 aliphatic carbocycles. The van der Waals surface area contributed by atoms with Crippen LogP contribution in [0.5, 0.6) is 0 Å². The number of hydrogen-bond donors (Lipinski definition) is 0. The lowest BCUT2D eigenvalue weighted by Crippen LogP contribution is -2.59. The molecule has 1 aliphatic heterocycles. The molecule has 2 aliphatic rings. The van der Waals surface area contributed by atoms with Crippen molar-refractivity contribution in [3.8, 4) is 0 Å². The first kappa shape index (κ1) is 19.5. The van der Waals surface area contributed by atoms with E-state index in [0.29, 0.717) is 12.8 Å². The summed E-state index contributed by atoms with van der Waals surface area (Å²) in [4.78, 5) is 49.8. The number of methoxy groups -OCH3 is 1. The Morgan fingerprint density at radius 2 is 1.86 bits per heavy atom. The van der Waals surface area contributed by atoms with E-state index in [9.17, 15) is 24.5 Å². The number of carbonyl (C=O) groups is 3. The molecule has 2 amide bonds. The SMILES string of the molecule is COC(=O)[C@@]12C=CC(=O)N(C(=O)c3ccc([N+](=O)[O-])cc3)[C@@H]1CC(C)=C(C)C2. The highest BCUT2D eigenvalue weighted by Crippen LogP contribution is 2.46. The highest BCUT2D eigenvalue weighted by Gasteiger charge is 2.54. The number of nitro benzene ring substituents is 1. The first-order valence-corrected chi connectivity index (χ1v) is 8.76. The summed E-state index contributed by atoms with van der Waals surface area (Å²) in [6.45, 7) is 3.83. The van der Waals surface area contributed by atoms with E-state index in [1.54, 1.807) is 6.08 Å². The summed E-state index contributed by atoms with van der Waals surface area (Å²) < 4.78 is 5.01.